The Labute approximate surface area is 87.9 Å². The molecular formula is C8H14N2O4S. The summed E-state index contributed by atoms with van der Waals surface area (Å²) in [6.07, 6.45) is 0. The van der Waals surface area contributed by atoms with Gasteiger partial charge < -0.3 is 11.5 Å². The van der Waals surface area contributed by atoms with Crippen LogP contribution < -0.4 is 11.5 Å². The van der Waals surface area contributed by atoms with Gasteiger partial charge in [-0.3, -0.25) is 9.59 Å². The molecule has 4 N–H and O–H groups in total. The molecule has 2 amide bonds. The molecule has 1 heterocycles. The summed E-state index contributed by atoms with van der Waals surface area (Å²) in [6.45, 7) is 1.67. The molecule has 1 fully saturated rings. The summed E-state index contributed by atoms with van der Waals surface area (Å²) in [5.74, 6) is -3.94. The Bertz CT molecular complexity index is 375. The number of carbonyl (C=O) groups excluding carboxylic acids is 2. The van der Waals surface area contributed by atoms with Gasteiger partial charge in [-0.05, 0) is 11.8 Å². The molecule has 0 aromatic carbocycles. The lowest BCUT2D eigenvalue weighted by atomic mass is 9.84. The number of hydrogen-bond donors (Lipinski definition) is 2. The van der Waals surface area contributed by atoms with Gasteiger partial charge in [-0.25, -0.2) is 8.42 Å². The van der Waals surface area contributed by atoms with E-state index in [4.69, 9.17) is 11.5 Å². The van der Waals surface area contributed by atoms with Crippen molar-refractivity contribution >= 4 is 21.7 Å². The molecule has 1 rings (SSSR count). The van der Waals surface area contributed by atoms with Crippen molar-refractivity contribution in [2.45, 2.75) is 6.92 Å². The first kappa shape index (κ1) is 12.0. The molecular weight excluding hydrogens is 220 g/mol. The maximum atomic E-state index is 11.3. The minimum atomic E-state index is -3.17. The van der Waals surface area contributed by atoms with Crippen molar-refractivity contribution in [3.63, 3.8) is 0 Å². The van der Waals surface area contributed by atoms with E-state index in [1.54, 1.807) is 6.92 Å². The summed E-state index contributed by atoms with van der Waals surface area (Å²) in [4.78, 5) is 22.0. The Kier molecular flexibility index (Phi) is 3.03. The van der Waals surface area contributed by atoms with Gasteiger partial charge in [0.25, 0.3) is 0 Å². The van der Waals surface area contributed by atoms with Gasteiger partial charge in [-0.15, -0.1) is 0 Å². The third kappa shape index (κ3) is 2.47. The van der Waals surface area contributed by atoms with E-state index in [1.165, 1.54) is 0 Å². The zero-order valence-corrected chi connectivity index (χ0v) is 9.16. The lowest BCUT2D eigenvalue weighted by molar-refractivity contribution is -0.134. The van der Waals surface area contributed by atoms with E-state index < -0.39 is 33.5 Å². The second kappa shape index (κ2) is 3.80. The summed E-state index contributed by atoms with van der Waals surface area (Å²) in [5, 5.41) is 0. The molecule has 6 nitrogen and oxygen atoms in total. The van der Waals surface area contributed by atoms with Crippen LogP contribution in [0.5, 0.6) is 0 Å². The topological polar surface area (TPSA) is 120 Å². The van der Waals surface area contributed by atoms with E-state index in [2.05, 4.69) is 0 Å². The Balaban J connectivity index is 2.97. The molecule has 7 heteroatoms. The number of primary amides is 2. The fourth-order valence-corrected chi connectivity index (χ4v) is 4.33. The second-order valence-corrected chi connectivity index (χ2v) is 6.15. The fourth-order valence-electron chi connectivity index (χ4n) is 2.04. The van der Waals surface area contributed by atoms with Gasteiger partial charge in [0, 0.05) is 0 Å². The number of sulfone groups is 1. The lowest BCUT2D eigenvalue weighted by Crippen LogP contribution is -2.42. The van der Waals surface area contributed by atoms with Crippen LogP contribution in [0.1, 0.15) is 6.92 Å². The molecule has 1 saturated heterocycles. The number of hydrogen-bond acceptors (Lipinski definition) is 4. The summed E-state index contributed by atoms with van der Waals surface area (Å²) >= 11 is 0. The lowest BCUT2D eigenvalue weighted by Gasteiger charge is -2.19. The van der Waals surface area contributed by atoms with Crippen LogP contribution in [0.2, 0.25) is 0 Å². The van der Waals surface area contributed by atoms with Crippen molar-refractivity contribution in [3.05, 3.63) is 0 Å². The van der Waals surface area contributed by atoms with E-state index in [1.807, 2.05) is 0 Å². The predicted molar refractivity (Wildman–Crippen MR) is 53.2 cm³/mol. The molecule has 1 aliphatic heterocycles. The second-order valence-electron chi connectivity index (χ2n) is 4.00. The zero-order chi connectivity index (χ0) is 11.8. The molecule has 0 aliphatic carbocycles. The van der Waals surface area contributed by atoms with E-state index in [0.717, 1.165) is 0 Å². The number of amides is 2. The van der Waals surface area contributed by atoms with Crippen molar-refractivity contribution < 1.29 is 18.0 Å². The Morgan fingerprint density at radius 3 is 1.93 bits per heavy atom. The highest BCUT2D eigenvalue weighted by Crippen LogP contribution is 2.31. The third-order valence-electron chi connectivity index (χ3n) is 2.74. The van der Waals surface area contributed by atoms with Crippen LogP contribution in [0.3, 0.4) is 0 Å². The van der Waals surface area contributed by atoms with Crippen molar-refractivity contribution in [1.82, 2.24) is 0 Å². The van der Waals surface area contributed by atoms with E-state index >= 15 is 0 Å². The van der Waals surface area contributed by atoms with Crippen LogP contribution in [0, 0.1) is 17.8 Å². The Hall–Kier alpha value is -1.11. The Morgan fingerprint density at radius 1 is 1.20 bits per heavy atom. The third-order valence-corrected chi connectivity index (χ3v) is 4.66. The highest BCUT2D eigenvalue weighted by molar-refractivity contribution is 7.91. The van der Waals surface area contributed by atoms with Gasteiger partial charge in [0.1, 0.15) is 5.92 Å². The van der Waals surface area contributed by atoms with Crippen LogP contribution in [0.15, 0.2) is 0 Å². The van der Waals surface area contributed by atoms with Crippen molar-refractivity contribution in [2.24, 2.45) is 29.2 Å². The van der Waals surface area contributed by atoms with Gasteiger partial charge >= 0.3 is 0 Å². The van der Waals surface area contributed by atoms with Crippen LogP contribution in [0.25, 0.3) is 0 Å². The highest BCUT2D eigenvalue weighted by Gasteiger charge is 2.44. The summed E-state index contributed by atoms with van der Waals surface area (Å²) in [5.41, 5.74) is 10.1. The normalized spacial score (nSPS) is 29.2. The molecule has 0 spiro atoms. The molecule has 0 radical (unpaired) electrons. The van der Waals surface area contributed by atoms with Gasteiger partial charge in [-0.2, -0.15) is 0 Å². The molecule has 2 atom stereocenters. The monoisotopic (exact) mass is 234 g/mol. The molecule has 0 aromatic rings. The Morgan fingerprint density at radius 2 is 1.67 bits per heavy atom. The van der Waals surface area contributed by atoms with Crippen LogP contribution >= 0.6 is 0 Å². The molecule has 1 aliphatic rings. The number of nitrogens with two attached hydrogens (primary N) is 2. The van der Waals surface area contributed by atoms with Gasteiger partial charge in [0.15, 0.2) is 9.84 Å². The van der Waals surface area contributed by atoms with Crippen LogP contribution in [-0.4, -0.2) is 31.7 Å². The van der Waals surface area contributed by atoms with E-state index in [9.17, 15) is 18.0 Å². The first-order chi connectivity index (χ1) is 6.74. The van der Waals surface area contributed by atoms with Crippen LogP contribution in [-0.2, 0) is 19.4 Å². The average Bonchev–Trinajstić information content (AvgIpc) is 2.23. The first-order valence-electron chi connectivity index (χ1n) is 4.53. The van der Waals surface area contributed by atoms with E-state index in [0.29, 0.717) is 0 Å². The maximum absolute atomic E-state index is 11.3. The van der Waals surface area contributed by atoms with Gasteiger partial charge in [0.05, 0.1) is 11.5 Å². The molecule has 86 valence electrons. The largest absolute Gasteiger partial charge is 0.369 e. The molecule has 0 aromatic heterocycles. The summed E-state index contributed by atoms with van der Waals surface area (Å²) in [7, 11) is -3.17. The molecule has 0 unspecified atom stereocenters. The molecule has 15 heavy (non-hydrogen) atoms. The first-order valence-corrected chi connectivity index (χ1v) is 6.36. The zero-order valence-electron chi connectivity index (χ0n) is 8.34. The molecule has 0 saturated carbocycles. The predicted octanol–water partition coefficient (Wildman–Crippen LogP) is -1.75. The summed E-state index contributed by atoms with van der Waals surface area (Å²) in [6, 6.07) is 0. The number of carbonyl (C=O) groups is 2. The SMILES string of the molecule is C[C@H]1CS(=O)(=O)C[C@H]1C(C(N)=O)C(N)=O. The minimum Gasteiger partial charge on any atom is -0.369 e. The van der Waals surface area contributed by atoms with Gasteiger partial charge in [-0.1, -0.05) is 6.92 Å². The smallest absolute Gasteiger partial charge is 0.230 e. The van der Waals surface area contributed by atoms with Gasteiger partial charge in [0.2, 0.25) is 11.8 Å². The maximum Gasteiger partial charge on any atom is 0.230 e. The van der Waals surface area contributed by atoms with Crippen LogP contribution in [0.4, 0.5) is 0 Å². The quantitative estimate of drug-likeness (QED) is 0.563. The van der Waals surface area contributed by atoms with Crippen molar-refractivity contribution in [2.75, 3.05) is 11.5 Å². The number of rotatable bonds is 3. The van der Waals surface area contributed by atoms with E-state index in [-0.39, 0.29) is 17.4 Å². The summed E-state index contributed by atoms with van der Waals surface area (Å²) < 4.78 is 22.6. The van der Waals surface area contributed by atoms with Crippen molar-refractivity contribution in [3.8, 4) is 0 Å². The average molecular weight is 234 g/mol. The highest BCUT2D eigenvalue weighted by atomic mass is 32.2. The van der Waals surface area contributed by atoms with Crippen molar-refractivity contribution in [1.29, 1.82) is 0 Å². The standard InChI is InChI=1S/C8H14N2O4S/c1-4-2-15(13,14)3-5(4)6(7(9)11)8(10)12/h4-6H,2-3H2,1H3,(H2,9,11)(H2,10,12)/t4-,5+/m0/s1. The minimum absolute atomic E-state index is 0.0191. The molecule has 0 bridgehead atoms. The fraction of sp³-hybridized carbons (Fsp3) is 0.750.